The third-order valence-electron chi connectivity index (χ3n) is 2.92. The van der Waals surface area contributed by atoms with Gasteiger partial charge in [-0.25, -0.2) is 18.1 Å². The Labute approximate surface area is 123 Å². The van der Waals surface area contributed by atoms with Crippen LogP contribution >= 0.6 is 0 Å². The number of hydrogen-bond acceptors (Lipinski definition) is 7. The fourth-order valence-corrected chi connectivity index (χ4v) is 2.77. The van der Waals surface area contributed by atoms with Crippen LogP contribution in [0.3, 0.4) is 0 Å². The fraction of sp³-hybridized carbons (Fsp3) is 0.417. The Kier molecular flexibility index (Phi) is 4.99. The molecule has 0 spiro atoms. The molecule has 1 aromatic carbocycles. The lowest BCUT2D eigenvalue weighted by molar-refractivity contribution is 0.190. The number of nitrogens with one attached hydrogen (secondary N) is 2. The Morgan fingerprint density at radius 3 is 2.67 bits per heavy atom. The van der Waals surface area contributed by atoms with Gasteiger partial charge in [0.15, 0.2) is 0 Å². The number of nitrogens with zero attached hydrogens (tertiary/aromatic N) is 2. The van der Waals surface area contributed by atoms with Gasteiger partial charge in [-0.05, 0) is 24.3 Å². The van der Waals surface area contributed by atoms with Gasteiger partial charge in [-0.1, -0.05) is 0 Å². The van der Waals surface area contributed by atoms with Gasteiger partial charge >= 0.3 is 0 Å². The molecule has 0 atom stereocenters. The van der Waals surface area contributed by atoms with Crippen LogP contribution in [0.25, 0.3) is 0 Å². The van der Waals surface area contributed by atoms with Crippen molar-refractivity contribution in [1.82, 2.24) is 14.9 Å². The molecule has 0 unspecified atom stereocenters. The van der Waals surface area contributed by atoms with Gasteiger partial charge in [0.05, 0.1) is 31.9 Å². The predicted octanol–water partition coefficient (Wildman–Crippen LogP) is -0.858. The molecule has 0 saturated carbocycles. The normalized spacial score (nSPS) is 16.0. The Morgan fingerprint density at radius 1 is 1.43 bits per heavy atom. The highest BCUT2D eigenvalue weighted by Crippen LogP contribution is 2.15. The van der Waals surface area contributed by atoms with Crippen LogP contribution in [0.2, 0.25) is 0 Å². The molecule has 116 valence electrons. The number of methoxy groups -OCH3 is 1. The number of hydrogen-bond donors (Lipinski definition) is 3. The molecule has 0 saturated heterocycles. The molecule has 0 radical (unpaired) electrons. The lowest BCUT2D eigenvalue weighted by Gasteiger charge is -2.26. The van der Waals surface area contributed by atoms with E-state index in [-0.39, 0.29) is 17.5 Å². The molecule has 0 aliphatic carbocycles. The fourth-order valence-electron chi connectivity index (χ4n) is 1.76. The summed E-state index contributed by atoms with van der Waals surface area (Å²) in [4.78, 5) is 6.05. The zero-order chi connectivity index (χ0) is 15.3. The summed E-state index contributed by atoms with van der Waals surface area (Å²) < 4.78 is 31.7. The van der Waals surface area contributed by atoms with Crippen LogP contribution < -0.4 is 14.8 Å². The average Bonchev–Trinajstić information content (AvgIpc) is 2.49. The van der Waals surface area contributed by atoms with Crippen LogP contribution in [0.1, 0.15) is 0 Å². The summed E-state index contributed by atoms with van der Waals surface area (Å²) in [6, 6.07) is 6.08. The van der Waals surface area contributed by atoms with E-state index in [4.69, 9.17) is 9.84 Å². The first kappa shape index (κ1) is 15.5. The van der Waals surface area contributed by atoms with Crippen LogP contribution in [0.15, 0.2) is 34.2 Å². The lowest BCUT2D eigenvalue weighted by Crippen LogP contribution is -2.50. The highest BCUT2D eigenvalue weighted by atomic mass is 32.2. The van der Waals surface area contributed by atoms with Crippen molar-refractivity contribution in [1.29, 1.82) is 0 Å². The molecule has 1 heterocycles. The van der Waals surface area contributed by atoms with Gasteiger partial charge in [0.25, 0.3) is 10.0 Å². The molecule has 1 aliphatic rings. The Balaban J connectivity index is 2.04. The number of sulfonamides is 1. The largest absolute Gasteiger partial charge is 0.497 e. The minimum atomic E-state index is -3.68. The monoisotopic (exact) mass is 314 g/mol. The van der Waals surface area contributed by atoms with Crippen LogP contribution in [-0.2, 0) is 10.0 Å². The summed E-state index contributed by atoms with van der Waals surface area (Å²) in [7, 11) is -2.17. The van der Waals surface area contributed by atoms with E-state index >= 15 is 0 Å². The first-order valence-corrected chi connectivity index (χ1v) is 7.82. The lowest BCUT2D eigenvalue weighted by atomic mass is 10.3. The van der Waals surface area contributed by atoms with E-state index < -0.39 is 10.0 Å². The van der Waals surface area contributed by atoms with Crippen molar-refractivity contribution < 1.29 is 18.3 Å². The zero-order valence-electron chi connectivity index (χ0n) is 11.6. The van der Waals surface area contributed by atoms with Gasteiger partial charge in [-0.2, -0.15) is 0 Å². The molecule has 9 heteroatoms. The second kappa shape index (κ2) is 6.74. The highest BCUT2D eigenvalue weighted by Gasteiger charge is 2.19. The van der Waals surface area contributed by atoms with Gasteiger partial charge in [0.1, 0.15) is 5.75 Å². The van der Waals surface area contributed by atoms with E-state index in [1.54, 1.807) is 12.1 Å². The first-order valence-electron chi connectivity index (χ1n) is 6.33. The van der Waals surface area contributed by atoms with Crippen molar-refractivity contribution in [3.05, 3.63) is 24.3 Å². The molecule has 0 amide bonds. The second-order valence-corrected chi connectivity index (χ2v) is 6.06. The van der Waals surface area contributed by atoms with Crippen molar-refractivity contribution in [2.24, 2.45) is 4.99 Å². The molecule has 2 rings (SSSR count). The predicted molar refractivity (Wildman–Crippen MR) is 77.4 cm³/mol. The molecule has 21 heavy (non-hydrogen) atoms. The third-order valence-corrected chi connectivity index (χ3v) is 4.27. The van der Waals surface area contributed by atoms with Crippen LogP contribution in [0.4, 0.5) is 0 Å². The Morgan fingerprint density at radius 2 is 2.14 bits per heavy atom. The minimum Gasteiger partial charge on any atom is -0.497 e. The number of benzene rings is 1. The number of aliphatic hydroxyl groups excluding tert-OH is 1. The average molecular weight is 314 g/mol. The first-order chi connectivity index (χ1) is 10.0. The van der Waals surface area contributed by atoms with E-state index in [1.165, 1.54) is 19.2 Å². The zero-order valence-corrected chi connectivity index (χ0v) is 12.4. The molecule has 3 N–H and O–H groups in total. The number of β-amino-alcohol motifs (C(OH)–C–C–N with tert-alkyl or cyclic N) is 1. The van der Waals surface area contributed by atoms with Gasteiger partial charge in [-0.3, -0.25) is 4.90 Å². The molecule has 0 bridgehead atoms. The van der Waals surface area contributed by atoms with E-state index in [0.29, 0.717) is 25.6 Å². The summed E-state index contributed by atoms with van der Waals surface area (Å²) in [6.07, 6.45) is 0. The van der Waals surface area contributed by atoms with Gasteiger partial charge < -0.3 is 15.2 Å². The number of ether oxygens (including phenoxy) is 1. The summed E-state index contributed by atoms with van der Waals surface area (Å²) in [5.41, 5.74) is 0. The highest BCUT2D eigenvalue weighted by molar-refractivity contribution is 7.90. The second-order valence-electron chi connectivity index (χ2n) is 4.38. The number of rotatable bonds is 5. The molecule has 1 aromatic rings. The third kappa shape index (κ3) is 4.06. The molecule has 0 fully saturated rings. The maximum absolute atomic E-state index is 12.2. The maximum Gasteiger partial charge on any atom is 0.264 e. The van der Waals surface area contributed by atoms with E-state index in [9.17, 15) is 8.42 Å². The van der Waals surface area contributed by atoms with Gasteiger partial charge in [0.2, 0.25) is 5.96 Å². The van der Waals surface area contributed by atoms with Gasteiger partial charge in [-0.15, -0.1) is 0 Å². The molecular formula is C12H18N4O4S. The van der Waals surface area contributed by atoms with Crippen molar-refractivity contribution >= 4 is 16.0 Å². The van der Waals surface area contributed by atoms with Crippen LogP contribution in [0.5, 0.6) is 5.75 Å². The number of guanidine groups is 1. The number of aliphatic hydroxyl groups is 1. The maximum atomic E-state index is 12.2. The molecular weight excluding hydrogens is 296 g/mol. The van der Waals surface area contributed by atoms with Crippen molar-refractivity contribution in [3.8, 4) is 5.75 Å². The molecule has 0 aromatic heterocycles. The topological polar surface area (TPSA) is 103 Å². The van der Waals surface area contributed by atoms with Crippen LogP contribution in [-0.4, -0.2) is 58.0 Å². The summed E-state index contributed by atoms with van der Waals surface area (Å²) >= 11 is 0. The SMILES string of the molecule is COc1ccc(S(=O)(=O)NC2=NCN(CCO)CN2)cc1. The minimum absolute atomic E-state index is 0.0319. The summed E-state index contributed by atoms with van der Waals surface area (Å²) in [5, 5.41) is 11.7. The Hall–Kier alpha value is -1.84. The van der Waals surface area contributed by atoms with E-state index in [0.717, 1.165) is 0 Å². The Bertz CT molecular complexity index is 600. The standard InChI is InChI=1S/C12H18N4O4S/c1-20-10-2-4-11(5-3-10)21(18,19)15-12-13-8-16(6-7-17)9-14-12/h2-5,17H,6-9H2,1H3,(H2,13,14,15). The van der Waals surface area contributed by atoms with Gasteiger partial charge in [0, 0.05) is 6.54 Å². The summed E-state index contributed by atoms with van der Waals surface area (Å²) in [6.45, 7) is 1.26. The molecule has 1 aliphatic heterocycles. The van der Waals surface area contributed by atoms with Crippen molar-refractivity contribution in [3.63, 3.8) is 0 Å². The van der Waals surface area contributed by atoms with Crippen molar-refractivity contribution in [2.45, 2.75) is 4.90 Å². The quantitative estimate of drug-likeness (QED) is 0.654. The van der Waals surface area contributed by atoms with Crippen molar-refractivity contribution in [2.75, 3.05) is 33.6 Å². The van der Waals surface area contributed by atoms with E-state index in [1.807, 2.05) is 4.90 Å². The molecule has 8 nitrogen and oxygen atoms in total. The summed E-state index contributed by atoms with van der Waals surface area (Å²) in [5.74, 6) is 0.779. The van der Waals surface area contributed by atoms with Crippen LogP contribution in [0, 0.1) is 0 Å². The number of aliphatic imine (C=N–C) groups is 1. The smallest absolute Gasteiger partial charge is 0.264 e. The van der Waals surface area contributed by atoms with E-state index in [2.05, 4.69) is 15.0 Å².